The molecule has 0 aromatic heterocycles. The topological polar surface area (TPSA) is 41.5 Å². The fourth-order valence-electron chi connectivity index (χ4n) is 1.77. The summed E-state index contributed by atoms with van der Waals surface area (Å²) in [6.45, 7) is 2.57. The Morgan fingerprint density at radius 3 is 2.65 bits per heavy atom. The molecule has 0 unspecified atom stereocenters. The molecule has 106 valence electrons. The lowest BCUT2D eigenvalue weighted by Crippen LogP contribution is -2.03. The zero-order valence-electron chi connectivity index (χ0n) is 11.0. The van der Waals surface area contributed by atoms with Gasteiger partial charge in [0.2, 0.25) is 0 Å². The summed E-state index contributed by atoms with van der Waals surface area (Å²) < 4.78 is 31.7. The monoisotopic (exact) mass is 279 g/mol. The molecule has 0 aliphatic rings. The number of benzene rings is 2. The molecule has 0 spiro atoms. The second-order valence-electron chi connectivity index (χ2n) is 4.21. The Morgan fingerprint density at radius 2 is 1.95 bits per heavy atom. The molecule has 2 rings (SSSR count). The second kappa shape index (κ2) is 6.23. The minimum atomic E-state index is -0.673. The average Bonchev–Trinajstić information content (AvgIpc) is 2.42. The number of phenols is 1. The van der Waals surface area contributed by atoms with Crippen molar-refractivity contribution in [2.24, 2.45) is 0 Å². The lowest BCUT2D eigenvalue weighted by atomic mass is 10.2. The van der Waals surface area contributed by atoms with Gasteiger partial charge in [-0.1, -0.05) is 6.07 Å². The maximum atomic E-state index is 13.2. The predicted octanol–water partition coefficient (Wildman–Crippen LogP) is 3.68. The van der Waals surface area contributed by atoms with Crippen LogP contribution in [-0.2, 0) is 6.54 Å². The lowest BCUT2D eigenvalue weighted by Gasteiger charge is -2.12. The Balaban J connectivity index is 2.11. The number of ether oxygens (including phenoxy) is 1. The van der Waals surface area contributed by atoms with Crippen molar-refractivity contribution in [2.75, 3.05) is 11.9 Å². The number of nitrogens with one attached hydrogen (secondary N) is 1. The van der Waals surface area contributed by atoms with Gasteiger partial charge in [-0.2, -0.15) is 0 Å². The molecule has 0 heterocycles. The Kier molecular flexibility index (Phi) is 4.40. The smallest absolute Gasteiger partial charge is 0.165 e. The second-order valence-corrected chi connectivity index (χ2v) is 4.21. The van der Waals surface area contributed by atoms with Crippen molar-refractivity contribution in [3.8, 4) is 11.5 Å². The number of halogens is 2. The van der Waals surface area contributed by atoms with Crippen LogP contribution < -0.4 is 10.1 Å². The summed E-state index contributed by atoms with van der Waals surface area (Å²) in [6.07, 6.45) is 0. The van der Waals surface area contributed by atoms with Crippen LogP contribution in [0, 0.1) is 11.6 Å². The average molecular weight is 279 g/mol. The molecule has 0 atom stereocenters. The molecule has 0 bridgehead atoms. The summed E-state index contributed by atoms with van der Waals surface area (Å²) in [5.74, 6) is -1.03. The van der Waals surface area contributed by atoms with Gasteiger partial charge in [0.25, 0.3) is 0 Å². The van der Waals surface area contributed by atoms with Crippen molar-refractivity contribution in [1.29, 1.82) is 0 Å². The van der Waals surface area contributed by atoms with Gasteiger partial charge in [0.15, 0.2) is 11.6 Å². The molecule has 3 nitrogen and oxygen atoms in total. The van der Waals surface area contributed by atoms with Gasteiger partial charge in [0.1, 0.15) is 11.6 Å². The highest BCUT2D eigenvalue weighted by Gasteiger charge is 2.06. The van der Waals surface area contributed by atoms with Crippen LogP contribution in [0.5, 0.6) is 11.5 Å². The minimum Gasteiger partial charge on any atom is -0.505 e. The number of hydrogen-bond donors (Lipinski definition) is 2. The quantitative estimate of drug-likeness (QED) is 0.877. The first-order chi connectivity index (χ1) is 9.60. The molecule has 0 fully saturated rings. The lowest BCUT2D eigenvalue weighted by molar-refractivity contribution is 0.339. The molecule has 2 N–H and O–H groups in total. The fraction of sp³-hybridized carbons (Fsp3) is 0.200. The zero-order valence-corrected chi connectivity index (χ0v) is 11.0. The molecular formula is C15H15F2NO2. The van der Waals surface area contributed by atoms with Crippen molar-refractivity contribution in [3.05, 3.63) is 53.6 Å². The molecule has 0 amide bonds. The molecule has 0 saturated heterocycles. The van der Waals surface area contributed by atoms with Gasteiger partial charge in [-0.3, -0.25) is 0 Å². The van der Waals surface area contributed by atoms with Crippen molar-refractivity contribution < 1.29 is 18.6 Å². The van der Waals surface area contributed by atoms with E-state index in [0.29, 0.717) is 30.2 Å². The number of hydrogen-bond acceptors (Lipinski definition) is 3. The third-order valence-corrected chi connectivity index (χ3v) is 2.74. The first kappa shape index (κ1) is 14.1. The Hall–Kier alpha value is -2.30. The molecule has 20 heavy (non-hydrogen) atoms. The minimum absolute atomic E-state index is 0.336. The normalized spacial score (nSPS) is 10.3. The van der Waals surface area contributed by atoms with Crippen molar-refractivity contribution >= 4 is 5.69 Å². The van der Waals surface area contributed by atoms with Crippen LogP contribution in [-0.4, -0.2) is 11.7 Å². The van der Waals surface area contributed by atoms with Gasteiger partial charge in [-0.05, 0) is 36.8 Å². The maximum absolute atomic E-state index is 13.2. The van der Waals surface area contributed by atoms with Gasteiger partial charge in [-0.15, -0.1) is 0 Å². The number of anilines is 1. The van der Waals surface area contributed by atoms with E-state index in [2.05, 4.69) is 5.32 Å². The molecule has 0 radical (unpaired) electrons. The van der Waals surface area contributed by atoms with E-state index in [4.69, 9.17) is 9.84 Å². The predicted molar refractivity (Wildman–Crippen MR) is 73.0 cm³/mol. The third-order valence-electron chi connectivity index (χ3n) is 2.74. The summed E-state index contributed by atoms with van der Waals surface area (Å²) in [4.78, 5) is 0. The van der Waals surface area contributed by atoms with Crippen molar-refractivity contribution in [3.63, 3.8) is 0 Å². The van der Waals surface area contributed by atoms with Gasteiger partial charge in [0.05, 0.1) is 12.3 Å². The van der Waals surface area contributed by atoms with Crippen LogP contribution in [0.25, 0.3) is 0 Å². The molecule has 0 aliphatic heterocycles. The van der Waals surface area contributed by atoms with Gasteiger partial charge in [0, 0.05) is 12.6 Å². The molecule has 5 heteroatoms. The molecule has 0 aliphatic carbocycles. The van der Waals surface area contributed by atoms with E-state index in [0.717, 1.165) is 0 Å². The van der Waals surface area contributed by atoms with Crippen LogP contribution in [0.3, 0.4) is 0 Å². The first-order valence-corrected chi connectivity index (χ1v) is 6.23. The number of phenolic OH excluding ortho intramolecular Hbond substituents is 1. The van der Waals surface area contributed by atoms with Gasteiger partial charge < -0.3 is 15.2 Å². The Bertz CT molecular complexity index is 602. The molecule has 2 aromatic carbocycles. The van der Waals surface area contributed by atoms with E-state index in [-0.39, 0.29) is 11.6 Å². The van der Waals surface area contributed by atoms with E-state index in [1.54, 1.807) is 12.1 Å². The van der Waals surface area contributed by atoms with Gasteiger partial charge >= 0.3 is 0 Å². The molecule has 2 aromatic rings. The third kappa shape index (κ3) is 3.38. The SMILES string of the molecule is CCOc1cc(F)ccc1NCc1ccc(O)c(F)c1. The van der Waals surface area contributed by atoms with E-state index in [9.17, 15) is 8.78 Å². The van der Waals surface area contributed by atoms with Crippen LogP contribution >= 0.6 is 0 Å². The highest BCUT2D eigenvalue weighted by molar-refractivity contribution is 5.56. The zero-order chi connectivity index (χ0) is 14.5. The van der Waals surface area contributed by atoms with E-state index in [1.165, 1.54) is 24.3 Å². The fourth-order valence-corrected chi connectivity index (χ4v) is 1.77. The molecule has 0 saturated carbocycles. The summed E-state index contributed by atoms with van der Waals surface area (Å²) in [5.41, 5.74) is 1.29. The van der Waals surface area contributed by atoms with Crippen LogP contribution in [0.15, 0.2) is 36.4 Å². The van der Waals surface area contributed by atoms with Crippen LogP contribution in [0.2, 0.25) is 0 Å². The highest BCUT2D eigenvalue weighted by Crippen LogP contribution is 2.26. The van der Waals surface area contributed by atoms with Gasteiger partial charge in [-0.25, -0.2) is 8.78 Å². The first-order valence-electron chi connectivity index (χ1n) is 6.23. The van der Waals surface area contributed by atoms with Crippen molar-refractivity contribution in [1.82, 2.24) is 0 Å². The highest BCUT2D eigenvalue weighted by atomic mass is 19.1. The number of aromatic hydroxyl groups is 1. The van der Waals surface area contributed by atoms with E-state index >= 15 is 0 Å². The maximum Gasteiger partial charge on any atom is 0.165 e. The van der Waals surface area contributed by atoms with Crippen LogP contribution in [0.1, 0.15) is 12.5 Å². The van der Waals surface area contributed by atoms with Crippen LogP contribution in [0.4, 0.5) is 14.5 Å². The standard InChI is InChI=1S/C15H15F2NO2/c1-2-20-15-8-11(16)4-5-13(15)18-9-10-3-6-14(19)12(17)7-10/h3-8,18-19H,2,9H2,1H3. The Labute approximate surface area is 115 Å². The summed E-state index contributed by atoms with van der Waals surface area (Å²) >= 11 is 0. The largest absolute Gasteiger partial charge is 0.505 e. The Morgan fingerprint density at radius 1 is 1.15 bits per heavy atom. The van der Waals surface area contributed by atoms with Crippen molar-refractivity contribution in [2.45, 2.75) is 13.5 Å². The van der Waals surface area contributed by atoms with E-state index in [1.807, 2.05) is 6.92 Å². The summed E-state index contributed by atoms with van der Waals surface area (Å²) in [7, 11) is 0. The summed E-state index contributed by atoms with van der Waals surface area (Å²) in [5, 5.41) is 12.2. The number of rotatable bonds is 5. The molecular weight excluding hydrogens is 264 g/mol. The summed E-state index contributed by atoms with van der Waals surface area (Å²) in [6, 6.07) is 8.32. The van der Waals surface area contributed by atoms with E-state index < -0.39 is 5.82 Å².